The van der Waals surface area contributed by atoms with Gasteiger partial charge in [0.15, 0.2) is 5.82 Å². The maximum atomic E-state index is 13.9. The van der Waals surface area contributed by atoms with Gasteiger partial charge in [-0.1, -0.05) is 6.07 Å². The molecule has 0 unspecified atom stereocenters. The van der Waals surface area contributed by atoms with Crippen molar-refractivity contribution in [3.63, 3.8) is 0 Å². The Kier molecular flexibility index (Phi) is 8.69. The summed E-state index contributed by atoms with van der Waals surface area (Å²) in [5.41, 5.74) is 2.04. The summed E-state index contributed by atoms with van der Waals surface area (Å²) in [6, 6.07) is 16.0. The standard InChI is InChI=1S/C30H38N6O4S/c1-21-16-22(2)18-25(17-21)41(38,39)36(20-29(37)40-30(3,4)5)24-8-9-26-23(19-24)12-14-35(26)28-11-10-27(32-33-28)31-13-15-34(6)7/h8-12,14,16-19H,13,15,20H2,1-7H3,(H,31,32). The van der Waals surface area contributed by atoms with Crippen molar-refractivity contribution in [2.45, 2.75) is 45.1 Å². The van der Waals surface area contributed by atoms with Crippen LogP contribution in [-0.2, 0) is 19.6 Å². The molecule has 0 amide bonds. The zero-order chi connectivity index (χ0) is 29.9. The van der Waals surface area contributed by atoms with Crippen LogP contribution in [0.3, 0.4) is 0 Å². The number of ether oxygens (including phenoxy) is 1. The lowest BCUT2D eigenvalue weighted by Gasteiger charge is -2.26. The zero-order valence-electron chi connectivity index (χ0n) is 24.7. The predicted molar refractivity (Wildman–Crippen MR) is 162 cm³/mol. The quantitative estimate of drug-likeness (QED) is 0.273. The fraction of sp³-hybridized carbons (Fsp3) is 0.367. The summed E-state index contributed by atoms with van der Waals surface area (Å²) >= 11 is 0. The SMILES string of the molecule is Cc1cc(C)cc(S(=O)(=O)N(CC(=O)OC(C)(C)C)c2ccc3c(ccn3-c3ccc(NCCN(C)C)nn3)c2)c1. The number of hydrogen-bond acceptors (Lipinski definition) is 8. The highest BCUT2D eigenvalue weighted by Crippen LogP contribution is 2.30. The Morgan fingerprint density at radius 1 is 0.976 bits per heavy atom. The number of aromatic nitrogens is 3. The van der Waals surface area contributed by atoms with Crippen LogP contribution in [0.1, 0.15) is 31.9 Å². The first-order chi connectivity index (χ1) is 19.2. The topological polar surface area (TPSA) is 110 Å². The van der Waals surface area contributed by atoms with Crippen molar-refractivity contribution in [1.29, 1.82) is 0 Å². The van der Waals surface area contributed by atoms with Gasteiger partial charge >= 0.3 is 5.97 Å². The molecule has 1 N–H and O–H groups in total. The van der Waals surface area contributed by atoms with Crippen LogP contribution < -0.4 is 9.62 Å². The number of fused-ring (bicyclic) bond motifs is 1. The summed E-state index contributed by atoms with van der Waals surface area (Å²) in [7, 11) is -0.0710. The molecule has 0 fully saturated rings. The van der Waals surface area contributed by atoms with Crippen LogP contribution in [0.2, 0.25) is 0 Å². The minimum atomic E-state index is -4.09. The molecule has 2 heterocycles. The van der Waals surface area contributed by atoms with E-state index in [1.165, 1.54) is 0 Å². The Bertz CT molecular complexity index is 1620. The molecule has 4 rings (SSSR count). The number of nitrogens with one attached hydrogen (secondary N) is 1. The molecule has 11 heteroatoms. The van der Waals surface area contributed by atoms with E-state index in [0.29, 0.717) is 17.3 Å². The Balaban J connectivity index is 1.68. The lowest BCUT2D eigenvalue weighted by molar-refractivity contribution is -0.152. The van der Waals surface area contributed by atoms with Gasteiger partial charge in [-0.25, -0.2) is 8.42 Å². The molecule has 10 nitrogen and oxygen atoms in total. The number of likely N-dealkylation sites (N-methyl/N-ethyl adjacent to an activating group) is 1. The highest BCUT2D eigenvalue weighted by molar-refractivity contribution is 7.92. The Labute approximate surface area is 242 Å². The van der Waals surface area contributed by atoms with Crippen LogP contribution >= 0.6 is 0 Å². The van der Waals surface area contributed by atoms with Gasteiger partial charge in [-0.05, 0) is 108 Å². The highest BCUT2D eigenvalue weighted by atomic mass is 32.2. The smallest absolute Gasteiger partial charge is 0.327 e. The largest absolute Gasteiger partial charge is 0.459 e. The van der Waals surface area contributed by atoms with Gasteiger partial charge < -0.3 is 15.0 Å². The van der Waals surface area contributed by atoms with Gasteiger partial charge in [0.05, 0.1) is 16.1 Å². The summed E-state index contributed by atoms with van der Waals surface area (Å²) in [5, 5.41) is 12.7. The number of esters is 1. The Hall–Kier alpha value is -3.96. The number of carbonyl (C=O) groups excluding carboxylic acids is 1. The van der Waals surface area contributed by atoms with E-state index in [1.807, 2.05) is 69.0 Å². The molecule has 2 aromatic carbocycles. The molecular formula is C30H38N6O4S. The fourth-order valence-electron chi connectivity index (χ4n) is 4.46. The first-order valence-corrected chi connectivity index (χ1v) is 14.8. The third-order valence-corrected chi connectivity index (χ3v) is 7.95. The molecule has 0 aliphatic heterocycles. The normalized spacial score (nSPS) is 12.1. The van der Waals surface area contributed by atoms with Crippen molar-refractivity contribution >= 4 is 38.4 Å². The van der Waals surface area contributed by atoms with E-state index in [2.05, 4.69) is 20.4 Å². The van der Waals surface area contributed by atoms with Crippen LogP contribution in [0.5, 0.6) is 0 Å². The minimum Gasteiger partial charge on any atom is -0.459 e. The van der Waals surface area contributed by atoms with E-state index in [0.717, 1.165) is 39.4 Å². The fourth-order valence-corrected chi connectivity index (χ4v) is 6.05. The summed E-state index contributed by atoms with van der Waals surface area (Å²) < 4.78 is 36.3. The van der Waals surface area contributed by atoms with Crippen LogP contribution in [0.15, 0.2) is 65.7 Å². The molecule has 0 atom stereocenters. The summed E-state index contributed by atoms with van der Waals surface area (Å²) in [6.07, 6.45) is 1.86. The maximum Gasteiger partial charge on any atom is 0.327 e. The van der Waals surface area contributed by atoms with Crippen LogP contribution in [0.25, 0.3) is 16.7 Å². The number of aryl methyl sites for hydroxylation is 2. The Morgan fingerprint density at radius 3 is 2.29 bits per heavy atom. The molecule has 0 aliphatic carbocycles. The van der Waals surface area contributed by atoms with E-state index in [1.54, 1.807) is 45.0 Å². The number of sulfonamides is 1. The number of hydrogen-bond donors (Lipinski definition) is 1. The highest BCUT2D eigenvalue weighted by Gasteiger charge is 2.30. The van der Waals surface area contributed by atoms with E-state index >= 15 is 0 Å². The molecule has 4 aromatic rings. The van der Waals surface area contributed by atoms with Crippen LogP contribution in [0, 0.1) is 13.8 Å². The van der Waals surface area contributed by atoms with E-state index in [-0.39, 0.29) is 4.90 Å². The zero-order valence-corrected chi connectivity index (χ0v) is 25.5. The van der Waals surface area contributed by atoms with Crippen molar-refractivity contribution in [2.75, 3.05) is 43.4 Å². The monoisotopic (exact) mass is 578 g/mol. The Morgan fingerprint density at radius 2 is 1.68 bits per heavy atom. The summed E-state index contributed by atoms with van der Waals surface area (Å²) in [5.74, 6) is 0.667. The third kappa shape index (κ3) is 7.42. The molecule has 0 aliphatic rings. The number of anilines is 2. The molecule has 0 spiro atoms. The summed E-state index contributed by atoms with van der Waals surface area (Å²) in [4.78, 5) is 15.1. The van der Waals surface area contributed by atoms with Gasteiger partial charge in [-0.3, -0.25) is 13.7 Å². The second-order valence-corrected chi connectivity index (χ2v) is 13.2. The van der Waals surface area contributed by atoms with Gasteiger partial charge in [0, 0.05) is 24.7 Å². The van der Waals surface area contributed by atoms with Gasteiger partial charge in [-0.2, -0.15) is 0 Å². The lowest BCUT2D eigenvalue weighted by atomic mass is 10.2. The van der Waals surface area contributed by atoms with Gasteiger partial charge in [-0.15, -0.1) is 10.2 Å². The van der Waals surface area contributed by atoms with Crippen molar-refractivity contribution in [2.24, 2.45) is 0 Å². The van der Waals surface area contributed by atoms with Gasteiger partial charge in [0.1, 0.15) is 18.0 Å². The molecule has 0 saturated carbocycles. The molecule has 0 bridgehead atoms. The van der Waals surface area contributed by atoms with Crippen molar-refractivity contribution in [3.8, 4) is 5.82 Å². The molecule has 0 radical (unpaired) electrons. The third-order valence-electron chi connectivity index (χ3n) is 6.20. The van der Waals surface area contributed by atoms with E-state index in [9.17, 15) is 13.2 Å². The van der Waals surface area contributed by atoms with Crippen molar-refractivity contribution in [3.05, 3.63) is 71.9 Å². The van der Waals surface area contributed by atoms with Crippen LogP contribution in [-0.4, -0.2) is 73.4 Å². The van der Waals surface area contributed by atoms with Crippen molar-refractivity contribution in [1.82, 2.24) is 19.7 Å². The summed E-state index contributed by atoms with van der Waals surface area (Å²) in [6.45, 7) is 10.1. The molecule has 41 heavy (non-hydrogen) atoms. The molecule has 0 saturated heterocycles. The average molecular weight is 579 g/mol. The first-order valence-electron chi connectivity index (χ1n) is 13.4. The number of rotatable bonds is 10. The maximum absolute atomic E-state index is 13.9. The number of nitrogens with zero attached hydrogens (tertiary/aromatic N) is 5. The van der Waals surface area contributed by atoms with Crippen LogP contribution in [0.4, 0.5) is 11.5 Å². The second kappa shape index (κ2) is 11.9. The molecule has 2 aromatic heterocycles. The minimum absolute atomic E-state index is 0.116. The van der Waals surface area contributed by atoms with E-state index < -0.39 is 28.1 Å². The number of carbonyl (C=O) groups is 1. The average Bonchev–Trinajstić information content (AvgIpc) is 3.29. The number of benzene rings is 2. The first kappa shape index (κ1) is 30.0. The molecule has 218 valence electrons. The van der Waals surface area contributed by atoms with Crippen molar-refractivity contribution < 1.29 is 17.9 Å². The van der Waals surface area contributed by atoms with Gasteiger partial charge in [0.2, 0.25) is 0 Å². The molecular weight excluding hydrogens is 540 g/mol. The second-order valence-electron chi connectivity index (χ2n) is 11.4. The predicted octanol–water partition coefficient (Wildman–Crippen LogP) is 4.55. The van der Waals surface area contributed by atoms with Gasteiger partial charge in [0.25, 0.3) is 10.0 Å². The van der Waals surface area contributed by atoms with E-state index in [4.69, 9.17) is 4.74 Å². The lowest BCUT2D eigenvalue weighted by Crippen LogP contribution is -2.39.